The molecule has 2 heteroatoms. The van der Waals surface area contributed by atoms with Gasteiger partial charge in [-0.3, -0.25) is 0 Å². The highest BCUT2D eigenvalue weighted by molar-refractivity contribution is 7.42. The number of unbranched alkanes of at least 4 members (excludes halogenated alkanes) is 13. The van der Waals surface area contributed by atoms with Gasteiger partial charge in [0.25, 0.3) is 0 Å². The van der Waals surface area contributed by atoms with Crippen LogP contribution in [-0.4, -0.2) is 24.6 Å². The summed E-state index contributed by atoms with van der Waals surface area (Å²) < 4.78 is 0. The molecule has 0 aromatic rings. The number of rotatable bonds is 20. The summed E-state index contributed by atoms with van der Waals surface area (Å²) in [4.78, 5) is 0. The average molecular weight is 441 g/mol. The minimum atomic E-state index is 0. The fourth-order valence-corrected chi connectivity index (χ4v) is 6.01. The van der Waals surface area contributed by atoms with E-state index < -0.39 is 0 Å². The van der Waals surface area contributed by atoms with Crippen molar-refractivity contribution in [2.45, 2.75) is 147 Å². The lowest BCUT2D eigenvalue weighted by molar-refractivity contribution is 0.543. The minimum Gasteiger partial charge on any atom is -0.122 e. The van der Waals surface area contributed by atoms with Gasteiger partial charge in [-0.15, -0.1) is 17.2 Å². The summed E-state index contributed by atoms with van der Waals surface area (Å²) >= 11 is 0. The Morgan fingerprint density at radius 3 is 0.964 bits per heavy atom. The van der Waals surface area contributed by atoms with Crippen LogP contribution in [0.25, 0.3) is 0 Å². The maximum absolute atomic E-state index is 2.31. The molecule has 0 aliphatic heterocycles. The van der Waals surface area contributed by atoms with E-state index in [4.69, 9.17) is 0 Å². The van der Waals surface area contributed by atoms with Crippen molar-refractivity contribution in [2.75, 3.05) is 24.6 Å². The maximum Gasteiger partial charge on any atom is -0.0316 e. The van der Waals surface area contributed by atoms with E-state index >= 15 is 0 Å². The highest BCUT2D eigenvalue weighted by Gasteiger charge is 1.94. The molecule has 0 N–H and O–H groups in total. The highest BCUT2D eigenvalue weighted by atomic mass is 31.1. The van der Waals surface area contributed by atoms with Crippen LogP contribution >= 0.6 is 17.2 Å². The molecule has 0 aromatic carbocycles. The van der Waals surface area contributed by atoms with Crippen molar-refractivity contribution in [3.8, 4) is 0 Å². The molecule has 0 nitrogen and oxygen atoms in total. The van der Waals surface area contributed by atoms with E-state index in [9.17, 15) is 0 Å². The SMILES string of the molecule is C.C.C.C.C.CCCCCCCCCCCCCCCPCCPCCCC. The van der Waals surface area contributed by atoms with E-state index in [1.54, 1.807) is 0 Å². The fraction of sp³-hybridized carbons (Fsp3) is 1.00. The Labute approximate surface area is 189 Å². The van der Waals surface area contributed by atoms with Crippen LogP contribution in [0.15, 0.2) is 0 Å². The normalized spacial score (nSPS) is 10.1. The van der Waals surface area contributed by atoms with Gasteiger partial charge >= 0.3 is 0 Å². The number of hydrogen-bond donors (Lipinski definition) is 0. The Bertz CT molecular complexity index is 175. The lowest BCUT2D eigenvalue weighted by Gasteiger charge is -2.04. The van der Waals surface area contributed by atoms with Gasteiger partial charge in [0.15, 0.2) is 0 Å². The third kappa shape index (κ3) is 41.3. The molecule has 0 amide bonds. The lowest BCUT2D eigenvalue weighted by Crippen LogP contribution is -1.86. The summed E-state index contributed by atoms with van der Waals surface area (Å²) in [6.07, 6.45) is 28.2. The Morgan fingerprint density at radius 2 is 0.607 bits per heavy atom. The highest BCUT2D eigenvalue weighted by Crippen LogP contribution is 2.20. The van der Waals surface area contributed by atoms with Crippen LogP contribution in [0, 0.1) is 0 Å². The zero-order chi connectivity index (χ0) is 16.8. The van der Waals surface area contributed by atoms with Crippen LogP contribution in [0.4, 0.5) is 0 Å². The zero-order valence-corrected chi connectivity index (χ0v) is 18.4. The largest absolute Gasteiger partial charge is 0.122 e. The third-order valence-corrected chi connectivity index (χ3v) is 7.76. The smallest absolute Gasteiger partial charge is 0.0316 e. The van der Waals surface area contributed by atoms with Gasteiger partial charge in [-0.05, 0) is 37.5 Å². The molecular weight excluding hydrogens is 374 g/mol. The first kappa shape index (κ1) is 42.9. The molecule has 2 atom stereocenters. The molecule has 0 aromatic heterocycles. The number of hydrogen-bond acceptors (Lipinski definition) is 0. The van der Waals surface area contributed by atoms with Crippen molar-refractivity contribution in [1.82, 2.24) is 0 Å². The third-order valence-electron chi connectivity index (χ3n) is 4.64. The predicted octanol–water partition coefficient (Wildman–Crippen LogP) is 11.4. The zero-order valence-electron chi connectivity index (χ0n) is 16.4. The molecule has 0 radical (unpaired) electrons. The van der Waals surface area contributed by atoms with Gasteiger partial charge in [0.1, 0.15) is 0 Å². The molecule has 0 aliphatic rings. The Kier molecular flexibility index (Phi) is 64.4. The first-order chi connectivity index (χ1) is 11.4. The summed E-state index contributed by atoms with van der Waals surface area (Å²) in [5, 5.41) is 0. The Hall–Kier alpha value is 0.860. The van der Waals surface area contributed by atoms with E-state index in [2.05, 4.69) is 13.8 Å². The van der Waals surface area contributed by atoms with Gasteiger partial charge in [-0.1, -0.05) is 134 Å². The van der Waals surface area contributed by atoms with Gasteiger partial charge in [0.2, 0.25) is 0 Å². The van der Waals surface area contributed by atoms with Crippen molar-refractivity contribution in [1.29, 1.82) is 0 Å². The summed E-state index contributed by atoms with van der Waals surface area (Å²) in [5.41, 5.74) is 0. The quantitative estimate of drug-likeness (QED) is 0.130. The van der Waals surface area contributed by atoms with Crippen molar-refractivity contribution >= 4 is 17.2 Å². The Morgan fingerprint density at radius 1 is 0.321 bits per heavy atom. The fourth-order valence-electron chi connectivity index (χ4n) is 3.00. The van der Waals surface area contributed by atoms with Crippen LogP contribution in [-0.2, 0) is 0 Å². The molecular formula is C26H66P2. The van der Waals surface area contributed by atoms with Crippen molar-refractivity contribution in [3.63, 3.8) is 0 Å². The van der Waals surface area contributed by atoms with E-state index in [0.717, 1.165) is 0 Å². The van der Waals surface area contributed by atoms with Crippen LogP contribution in [0.5, 0.6) is 0 Å². The molecule has 0 bridgehead atoms. The van der Waals surface area contributed by atoms with Crippen molar-refractivity contribution in [2.24, 2.45) is 0 Å². The van der Waals surface area contributed by atoms with Gasteiger partial charge in [0.05, 0.1) is 0 Å². The molecule has 0 heterocycles. The summed E-state index contributed by atoms with van der Waals surface area (Å²) in [5.74, 6) is 0. The summed E-state index contributed by atoms with van der Waals surface area (Å²) in [7, 11) is 2.52. The van der Waals surface area contributed by atoms with Gasteiger partial charge in [-0.2, -0.15) is 0 Å². The van der Waals surface area contributed by atoms with Crippen molar-refractivity contribution < 1.29 is 0 Å². The van der Waals surface area contributed by atoms with Crippen molar-refractivity contribution in [3.05, 3.63) is 0 Å². The predicted molar refractivity (Wildman–Crippen MR) is 150 cm³/mol. The van der Waals surface area contributed by atoms with Crippen LogP contribution < -0.4 is 0 Å². The summed E-state index contributed by atoms with van der Waals surface area (Å²) in [6.45, 7) is 4.61. The second kappa shape index (κ2) is 42.1. The molecule has 0 aliphatic carbocycles. The van der Waals surface area contributed by atoms with E-state index in [-0.39, 0.29) is 37.1 Å². The lowest BCUT2D eigenvalue weighted by atomic mass is 10.1. The Balaban J connectivity index is -0.000000242. The van der Waals surface area contributed by atoms with Crippen LogP contribution in [0.1, 0.15) is 147 Å². The first-order valence-corrected chi connectivity index (χ1v) is 13.7. The molecule has 0 fully saturated rings. The van der Waals surface area contributed by atoms with Gasteiger partial charge in [-0.25, -0.2) is 0 Å². The second-order valence-electron chi connectivity index (χ2n) is 7.10. The van der Waals surface area contributed by atoms with Gasteiger partial charge < -0.3 is 0 Å². The molecule has 180 valence electrons. The van der Waals surface area contributed by atoms with Crippen LogP contribution in [0.2, 0.25) is 0 Å². The minimum absolute atomic E-state index is 0. The van der Waals surface area contributed by atoms with Gasteiger partial charge in [0, 0.05) is 0 Å². The standard InChI is InChI=1S/C21H46P2.5CH4/c1-3-5-7-8-9-10-11-12-13-14-15-16-17-19-23-21-20-22-18-6-4-2;;;;;/h22-23H,3-21H2,1-2H3;5*1H4. The molecule has 2 unspecified atom stereocenters. The average Bonchev–Trinajstić information content (AvgIpc) is 2.57. The maximum atomic E-state index is 2.31. The topological polar surface area (TPSA) is 0 Å². The molecule has 0 spiro atoms. The monoisotopic (exact) mass is 440 g/mol. The van der Waals surface area contributed by atoms with E-state index in [1.165, 1.54) is 138 Å². The molecule has 0 saturated carbocycles. The first-order valence-electron chi connectivity index (χ1n) is 10.8. The van der Waals surface area contributed by atoms with Crippen LogP contribution in [0.3, 0.4) is 0 Å². The van der Waals surface area contributed by atoms with E-state index in [0.29, 0.717) is 0 Å². The summed E-state index contributed by atoms with van der Waals surface area (Å²) in [6, 6.07) is 0. The molecule has 28 heavy (non-hydrogen) atoms. The molecule has 0 saturated heterocycles. The second-order valence-corrected chi connectivity index (χ2v) is 10.1. The van der Waals surface area contributed by atoms with E-state index in [1.807, 2.05) is 0 Å². The molecule has 0 rings (SSSR count).